The molecule has 2 aromatic heterocycles. The maximum absolute atomic E-state index is 12.7. The number of halogens is 1. The monoisotopic (exact) mass is 497 g/mol. The Labute approximate surface area is 194 Å². The maximum atomic E-state index is 12.7. The Kier molecular flexibility index (Phi) is 5.54. The number of nitrogens with one attached hydrogen (secondary N) is 1. The van der Waals surface area contributed by atoms with Gasteiger partial charge in [-0.25, -0.2) is 9.67 Å². The van der Waals surface area contributed by atoms with E-state index in [2.05, 4.69) is 41.2 Å². The van der Waals surface area contributed by atoms with Crippen molar-refractivity contribution in [2.45, 2.75) is 12.3 Å². The second kappa shape index (κ2) is 8.36. The highest BCUT2D eigenvalue weighted by Crippen LogP contribution is 2.45. The lowest BCUT2D eigenvalue weighted by molar-refractivity contribution is -0.0585. The van der Waals surface area contributed by atoms with Gasteiger partial charge in [0.25, 0.3) is 5.91 Å². The van der Waals surface area contributed by atoms with Crippen LogP contribution in [0, 0.1) is 0 Å². The summed E-state index contributed by atoms with van der Waals surface area (Å²) in [5, 5.41) is 7.49. The van der Waals surface area contributed by atoms with Gasteiger partial charge >= 0.3 is 0 Å². The Morgan fingerprint density at radius 3 is 2.97 bits per heavy atom. The highest BCUT2D eigenvalue weighted by molar-refractivity contribution is 9.10. The highest BCUT2D eigenvalue weighted by atomic mass is 79.9. The third-order valence-electron chi connectivity index (χ3n) is 5.74. The summed E-state index contributed by atoms with van der Waals surface area (Å²) in [4.78, 5) is 26.2. The van der Waals surface area contributed by atoms with Gasteiger partial charge in [-0.2, -0.15) is 0 Å². The van der Waals surface area contributed by atoms with Gasteiger partial charge in [-0.3, -0.25) is 14.7 Å². The molecule has 5 rings (SSSR count). The zero-order valence-corrected chi connectivity index (χ0v) is 19.5. The van der Waals surface area contributed by atoms with Gasteiger partial charge in [0.1, 0.15) is 5.82 Å². The van der Waals surface area contributed by atoms with E-state index >= 15 is 0 Å². The molecule has 1 fully saturated rings. The number of benzene rings is 1. The molecule has 2 aliphatic rings. The van der Waals surface area contributed by atoms with E-state index in [1.165, 1.54) is 0 Å². The highest BCUT2D eigenvalue weighted by Gasteiger charge is 2.50. The van der Waals surface area contributed by atoms with E-state index in [1.54, 1.807) is 10.9 Å². The van der Waals surface area contributed by atoms with Crippen molar-refractivity contribution in [1.82, 2.24) is 34.9 Å². The topological polar surface area (TPSA) is 88.4 Å². The maximum Gasteiger partial charge on any atom is 0.291 e. The summed E-state index contributed by atoms with van der Waals surface area (Å²) in [7, 11) is 3.93. The molecule has 32 heavy (non-hydrogen) atoms. The van der Waals surface area contributed by atoms with Crippen molar-refractivity contribution in [3.8, 4) is 5.69 Å². The molecule has 0 saturated carbocycles. The number of amides is 1. The minimum absolute atomic E-state index is 0.165. The molecule has 0 radical (unpaired) electrons. The van der Waals surface area contributed by atoms with Crippen LogP contribution in [0.5, 0.6) is 0 Å². The standard InChI is InChI=1S/C22H24BrN7O2/c1-28(2)10-9-25-21(31)20-26-19-14-29-11-12-32-22(29,18-5-3-4-8-24-18)16-13-15(23)6-7-17(16)30(19)27-20/h3-8,13H,9-12,14H2,1-2H3,(H,25,31). The smallest absolute Gasteiger partial charge is 0.291 e. The van der Waals surface area contributed by atoms with Crippen LogP contribution in [0.2, 0.25) is 0 Å². The van der Waals surface area contributed by atoms with Crippen molar-refractivity contribution in [3.63, 3.8) is 0 Å². The first kappa shape index (κ1) is 21.2. The first-order valence-corrected chi connectivity index (χ1v) is 11.3. The number of aromatic nitrogens is 4. The van der Waals surface area contributed by atoms with Gasteiger partial charge in [0.05, 0.1) is 24.5 Å². The molecule has 9 nitrogen and oxygen atoms in total. The summed E-state index contributed by atoms with van der Waals surface area (Å²) in [6, 6.07) is 11.8. The summed E-state index contributed by atoms with van der Waals surface area (Å²) >= 11 is 3.61. The molecule has 1 saturated heterocycles. The van der Waals surface area contributed by atoms with Gasteiger partial charge in [-0.15, -0.1) is 5.10 Å². The van der Waals surface area contributed by atoms with E-state index in [1.807, 2.05) is 55.4 Å². The van der Waals surface area contributed by atoms with Gasteiger partial charge in [-0.05, 0) is 44.4 Å². The number of hydrogen-bond acceptors (Lipinski definition) is 7. The molecular formula is C22H24BrN7O2. The summed E-state index contributed by atoms with van der Waals surface area (Å²) in [5.74, 6) is 0.576. The van der Waals surface area contributed by atoms with E-state index in [-0.39, 0.29) is 11.7 Å². The van der Waals surface area contributed by atoms with Gasteiger partial charge in [0.15, 0.2) is 5.72 Å². The lowest BCUT2D eigenvalue weighted by atomic mass is 9.95. The number of carbonyl (C=O) groups is 1. The number of ether oxygens (including phenoxy) is 1. The summed E-state index contributed by atoms with van der Waals surface area (Å²) in [6.07, 6.45) is 1.78. The average Bonchev–Trinajstić information content (AvgIpc) is 3.37. The zero-order valence-electron chi connectivity index (χ0n) is 18.0. The predicted molar refractivity (Wildman–Crippen MR) is 121 cm³/mol. The molecule has 1 aromatic carbocycles. The molecule has 3 aromatic rings. The molecule has 0 spiro atoms. The number of fused-ring (bicyclic) bond motifs is 5. The van der Waals surface area contributed by atoms with Gasteiger partial charge in [-0.1, -0.05) is 22.0 Å². The number of pyridine rings is 1. The van der Waals surface area contributed by atoms with E-state index in [0.29, 0.717) is 32.1 Å². The molecule has 166 valence electrons. The second-order valence-electron chi connectivity index (χ2n) is 8.11. The normalized spacial score (nSPS) is 19.9. The van der Waals surface area contributed by atoms with Gasteiger partial charge < -0.3 is 15.0 Å². The summed E-state index contributed by atoms with van der Waals surface area (Å²) < 4.78 is 9.12. The predicted octanol–water partition coefficient (Wildman–Crippen LogP) is 1.76. The van der Waals surface area contributed by atoms with Crippen LogP contribution in [0.1, 0.15) is 27.7 Å². The summed E-state index contributed by atoms with van der Waals surface area (Å²) in [6.45, 7) is 3.02. The Morgan fingerprint density at radius 1 is 1.31 bits per heavy atom. The van der Waals surface area contributed by atoms with Crippen molar-refractivity contribution in [2.75, 3.05) is 40.3 Å². The van der Waals surface area contributed by atoms with Crippen molar-refractivity contribution in [1.29, 1.82) is 0 Å². The van der Waals surface area contributed by atoms with Gasteiger partial charge in [0.2, 0.25) is 5.82 Å². The quantitative estimate of drug-likeness (QED) is 0.574. The fourth-order valence-corrected chi connectivity index (χ4v) is 4.63. The third-order valence-corrected chi connectivity index (χ3v) is 6.23. The first-order chi connectivity index (χ1) is 15.5. The molecule has 10 heteroatoms. The number of nitrogens with zero attached hydrogens (tertiary/aromatic N) is 6. The molecule has 1 amide bonds. The van der Waals surface area contributed by atoms with Crippen LogP contribution < -0.4 is 5.32 Å². The van der Waals surface area contributed by atoms with Crippen LogP contribution >= 0.6 is 15.9 Å². The molecular weight excluding hydrogens is 474 g/mol. The van der Waals surface area contributed by atoms with Crippen LogP contribution in [-0.2, 0) is 17.0 Å². The second-order valence-corrected chi connectivity index (χ2v) is 9.03. The van der Waals surface area contributed by atoms with Crippen LogP contribution in [0.3, 0.4) is 0 Å². The Balaban J connectivity index is 1.61. The fourth-order valence-electron chi connectivity index (χ4n) is 4.27. The van der Waals surface area contributed by atoms with Crippen LogP contribution in [0.4, 0.5) is 0 Å². The van der Waals surface area contributed by atoms with Crippen molar-refractivity contribution in [2.24, 2.45) is 0 Å². The lowest BCUT2D eigenvalue weighted by Crippen LogP contribution is -2.43. The first-order valence-electron chi connectivity index (χ1n) is 10.5. The van der Waals surface area contributed by atoms with Crippen molar-refractivity contribution in [3.05, 3.63) is 70.0 Å². The molecule has 1 unspecified atom stereocenters. The number of hydrogen-bond donors (Lipinski definition) is 1. The number of likely N-dealkylation sites (N-methyl/N-ethyl adjacent to an activating group) is 1. The molecule has 1 atom stereocenters. The summed E-state index contributed by atoms with van der Waals surface area (Å²) in [5.41, 5.74) is 1.69. The molecule has 1 N–H and O–H groups in total. The van der Waals surface area contributed by atoms with Crippen LogP contribution in [0.15, 0.2) is 47.1 Å². The van der Waals surface area contributed by atoms with E-state index in [9.17, 15) is 4.79 Å². The van der Waals surface area contributed by atoms with E-state index in [4.69, 9.17) is 4.74 Å². The molecule has 0 aliphatic carbocycles. The minimum Gasteiger partial charge on any atom is -0.349 e. The molecule has 4 heterocycles. The van der Waals surface area contributed by atoms with Crippen LogP contribution in [0.25, 0.3) is 5.69 Å². The van der Waals surface area contributed by atoms with Crippen molar-refractivity contribution < 1.29 is 9.53 Å². The Morgan fingerprint density at radius 2 is 2.19 bits per heavy atom. The molecule has 2 aliphatic heterocycles. The average molecular weight is 498 g/mol. The minimum atomic E-state index is -0.850. The Bertz CT molecular complexity index is 1150. The number of carbonyl (C=O) groups excluding carboxylic acids is 1. The zero-order chi connectivity index (χ0) is 22.3. The Hall–Kier alpha value is -2.66. The SMILES string of the molecule is CN(C)CCNC(=O)c1nc2n(n1)-c1ccc(Br)cc1C1(c3ccccn3)OCCN1C2. The van der Waals surface area contributed by atoms with E-state index < -0.39 is 5.72 Å². The largest absolute Gasteiger partial charge is 0.349 e. The fraction of sp³-hybridized carbons (Fsp3) is 0.364. The third kappa shape index (κ3) is 3.53. The van der Waals surface area contributed by atoms with Gasteiger partial charge in [0, 0.05) is 35.9 Å². The van der Waals surface area contributed by atoms with Crippen LogP contribution in [-0.4, -0.2) is 75.8 Å². The molecule has 0 bridgehead atoms. The lowest BCUT2D eigenvalue weighted by Gasteiger charge is -2.35. The number of rotatable bonds is 5. The van der Waals surface area contributed by atoms with E-state index in [0.717, 1.165) is 28.0 Å². The van der Waals surface area contributed by atoms with Crippen molar-refractivity contribution >= 4 is 21.8 Å².